The maximum atomic E-state index is 13.9. The molecule has 0 saturated carbocycles. The summed E-state index contributed by atoms with van der Waals surface area (Å²) in [5, 5.41) is 7.57. The van der Waals surface area contributed by atoms with Crippen molar-refractivity contribution in [1.29, 1.82) is 0 Å². The summed E-state index contributed by atoms with van der Waals surface area (Å²) in [5.41, 5.74) is 2.82. The Bertz CT molecular complexity index is 561. The Balaban J connectivity index is 2.07. The molecule has 0 aliphatic carbocycles. The van der Waals surface area contributed by atoms with Crippen LogP contribution >= 0.6 is 0 Å². The van der Waals surface area contributed by atoms with E-state index in [-0.39, 0.29) is 5.82 Å². The first-order chi connectivity index (χ1) is 9.56. The van der Waals surface area contributed by atoms with Gasteiger partial charge in [-0.25, -0.2) is 4.39 Å². The Morgan fingerprint density at radius 3 is 2.75 bits per heavy atom. The van der Waals surface area contributed by atoms with Crippen LogP contribution in [-0.2, 0) is 13.1 Å². The van der Waals surface area contributed by atoms with Crippen molar-refractivity contribution in [2.45, 2.75) is 33.9 Å². The molecule has 1 heterocycles. The molecule has 4 heteroatoms. The minimum Gasteiger partial charge on any atom is -0.312 e. The van der Waals surface area contributed by atoms with Crippen LogP contribution in [0, 0.1) is 18.7 Å². The van der Waals surface area contributed by atoms with Crippen molar-refractivity contribution in [3.63, 3.8) is 0 Å². The lowest BCUT2D eigenvalue weighted by Crippen LogP contribution is -2.19. The summed E-state index contributed by atoms with van der Waals surface area (Å²) in [6.07, 6.45) is 1.74. The zero-order valence-corrected chi connectivity index (χ0v) is 12.4. The number of halogens is 1. The molecule has 0 aliphatic heterocycles. The molecule has 0 spiro atoms. The molecular weight excluding hydrogens is 253 g/mol. The summed E-state index contributed by atoms with van der Waals surface area (Å²) >= 11 is 0. The van der Waals surface area contributed by atoms with Crippen LogP contribution in [0.5, 0.6) is 0 Å². The molecule has 2 aromatic rings. The predicted octanol–water partition coefficient (Wildman–Crippen LogP) is 3.12. The number of hydrogen-bond donors (Lipinski definition) is 1. The Hall–Kier alpha value is -1.68. The highest BCUT2D eigenvalue weighted by molar-refractivity contribution is 5.25. The normalized spacial score (nSPS) is 11.2. The highest BCUT2D eigenvalue weighted by atomic mass is 19.1. The van der Waals surface area contributed by atoms with E-state index in [9.17, 15) is 4.39 Å². The van der Waals surface area contributed by atoms with Gasteiger partial charge in [0.1, 0.15) is 5.82 Å². The molecule has 108 valence electrons. The first-order valence-electron chi connectivity index (χ1n) is 7.02. The molecule has 0 fully saturated rings. The van der Waals surface area contributed by atoms with Crippen molar-refractivity contribution in [3.05, 3.63) is 53.1 Å². The van der Waals surface area contributed by atoms with Gasteiger partial charge in [-0.1, -0.05) is 19.9 Å². The van der Waals surface area contributed by atoms with Gasteiger partial charge in [0.2, 0.25) is 0 Å². The molecule has 0 bridgehead atoms. The second-order valence-electron chi connectivity index (χ2n) is 5.58. The van der Waals surface area contributed by atoms with Gasteiger partial charge >= 0.3 is 0 Å². The molecule has 0 unspecified atom stereocenters. The molecular formula is C16H22FN3. The number of rotatable bonds is 6. The number of aromatic nitrogens is 2. The Morgan fingerprint density at radius 2 is 2.10 bits per heavy atom. The highest BCUT2D eigenvalue weighted by Gasteiger charge is 2.06. The summed E-state index contributed by atoms with van der Waals surface area (Å²) in [7, 11) is 0. The average Bonchev–Trinajstić information content (AvgIpc) is 2.78. The molecule has 0 saturated heterocycles. The van der Waals surface area contributed by atoms with Crippen molar-refractivity contribution < 1.29 is 4.39 Å². The standard InChI is InChI=1S/C16H22FN3/c1-12(2)9-18-10-14-4-5-16(17)15(8-14)11-20-13(3)6-7-19-20/h4-8,12,18H,9-11H2,1-3H3. The minimum absolute atomic E-state index is 0.174. The van der Waals surface area contributed by atoms with E-state index in [1.165, 1.54) is 0 Å². The Labute approximate surface area is 119 Å². The third-order valence-electron chi connectivity index (χ3n) is 3.24. The van der Waals surface area contributed by atoms with Crippen LogP contribution in [0.15, 0.2) is 30.5 Å². The number of benzene rings is 1. The molecule has 0 aliphatic rings. The number of nitrogens with one attached hydrogen (secondary N) is 1. The molecule has 0 amide bonds. The van der Waals surface area contributed by atoms with E-state index in [1.807, 2.05) is 29.8 Å². The number of hydrogen-bond acceptors (Lipinski definition) is 2. The molecule has 1 aromatic carbocycles. The van der Waals surface area contributed by atoms with E-state index in [0.717, 1.165) is 24.3 Å². The molecule has 20 heavy (non-hydrogen) atoms. The van der Waals surface area contributed by atoms with Gasteiger partial charge in [-0.15, -0.1) is 0 Å². The zero-order chi connectivity index (χ0) is 14.5. The Kier molecular flexibility index (Phi) is 4.90. The summed E-state index contributed by atoms with van der Waals surface area (Å²) in [4.78, 5) is 0. The fourth-order valence-corrected chi connectivity index (χ4v) is 2.09. The number of aryl methyl sites for hydroxylation is 1. The topological polar surface area (TPSA) is 29.9 Å². The molecule has 2 rings (SSSR count). The van der Waals surface area contributed by atoms with Gasteiger partial charge < -0.3 is 5.32 Å². The van der Waals surface area contributed by atoms with Crippen molar-refractivity contribution >= 4 is 0 Å². The van der Waals surface area contributed by atoms with Crippen molar-refractivity contribution in [3.8, 4) is 0 Å². The van der Waals surface area contributed by atoms with Crippen LogP contribution in [0.4, 0.5) is 4.39 Å². The van der Waals surface area contributed by atoms with Crippen molar-refractivity contribution in [2.75, 3.05) is 6.54 Å². The maximum absolute atomic E-state index is 13.9. The monoisotopic (exact) mass is 275 g/mol. The fraction of sp³-hybridized carbons (Fsp3) is 0.438. The molecule has 0 atom stereocenters. The quantitative estimate of drug-likeness (QED) is 0.878. The summed E-state index contributed by atoms with van der Waals surface area (Å²) < 4.78 is 15.7. The van der Waals surface area contributed by atoms with Crippen molar-refractivity contribution in [2.24, 2.45) is 5.92 Å². The third kappa shape index (κ3) is 3.90. The van der Waals surface area contributed by atoms with Crippen LogP contribution < -0.4 is 5.32 Å². The lowest BCUT2D eigenvalue weighted by Gasteiger charge is -2.10. The summed E-state index contributed by atoms with van der Waals surface area (Å²) in [6, 6.07) is 7.22. The molecule has 1 N–H and O–H groups in total. The van der Waals surface area contributed by atoms with Crippen LogP contribution in [0.3, 0.4) is 0 Å². The lowest BCUT2D eigenvalue weighted by molar-refractivity contribution is 0.549. The van der Waals surface area contributed by atoms with Crippen LogP contribution in [0.1, 0.15) is 30.7 Å². The number of nitrogens with zero attached hydrogens (tertiary/aromatic N) is 2. The second kappa shape index (κ2) is 6.66. The van der Waals surface area contributed by atoms with Gasteiger partial charge in [-0.2, -0.15) is 5.10 Å². The van der Waals surface area contributed by atoms with E-state index in [0.29, 0.717) is 18.0 Å². The largest absolute Gasteiger partial charge is 0.312 e. The van der Waals surface area contributed by atoms with Gasteiger partial charge in [0.15, 0.2) is 0 Å². The van der Waals surface area contributed by atoms with Gasteiger partial charge in [0.05, 0.1) is 6.54 Å². The molecule has 0 radical (unpaired) electrons. The first kappa shape index (κ1) is 14.7. The predicted molar refractivity (Wildman–Crippen MR) is 79.0 cm³/mol. The average molecular weight is 275 g/mol. The smallest absolute Gasteiger partial charge is 0.128 e. The van der Waals surface area contributed by atoms with E-state index in [4.69, 9.17) is 0 Å². The third-order valence-corrected chi connectivity index (χ3v) is 3.24. The molecule has 3 nitrogen and oxygen atoms in total. The van der Waals surface area contributed by atoms with Gasteiger partial charge in [0, 0.05) is 24.0 Å². The van der Waals surface area contributed by atoms with Crippen LogP contribution in [0.25, 0.3) is 0 Å². The molecule has 1 aromatic heterocycles. The minimum atomic E-state index is -0.174. The lowest BCUT2D eigenvalue weighted by atomic mass is 10.1. The Morgan fingerprint density at radius 1 is 1.30 bits per heavy atom. The first-order valence-corrected chi connectivity index (χ1v) is 7.02. The maximum Gasteiger partial charge on any atom is 0.128 e. The van der Waals surface area contributed by atoms with E-state index in [1.54, 1.807) is 12.3 Å². The zero-order valence-electron chi connectivity index (χ0n) is 12.4. The summed E-state index contributed by atoms with van der Waals surface area (Å²) in [6.45, 7) is 8.52. The second-order valence-corrected chi connectivity index (χ2v) is 5.58. The van der Waals surface area contributed by atoms with Gasteiger partial charge in [-0.05, 0) is 43.1 Å². The SMILES string of the molecule is Cc1ccnn1Cc1cc(CNCC(C)C)ccc1F. The van der Waals surface area contributed by atoms with Crippen LogP contribution in [-0.4, -0.2) is 16.3 Å². The van der Waals surface area contributed by atoms with Gasteiger partial charge in [0.25, 0.3) is 0 Å². The van der Waals surface area contributed by atoms with Gasteiger partial charge in [-0.3, -0.25) is 4.68 Å². The van der Waals surface area contributed by atoms with Crippen LogP contribution in [0.2, 0.25) is 0 Å². The van der Waals surface area contributed by atoms with Crippen molar-refractivity contribution in [1.82, 2.24) is 15.1 Å². The fourth-order valence-electron chi connectivity index (χ4n) is 2.09. The van der Waals surface area contributed by atoms with E-state index < -0.39 is 0 Å². The summed E-state index contributed by atoms with van der Waals surface area (Å²) in [5.74, 6) is 0.439. The van der Waals surface area contributed by atoms with E-state index >= 15 is 0 Å². The van der Waals surface area contributed by atoms with E-state index in [2.05, 4.69) is 24.3 Å². The highest BCUT2D eigenvalue weighted by Crippen LogP contribution is 2.13.